The molecule has 0 aromatic rings. The summed E-state index contributed by atoms with van der Waals surface area (Å²) in [5.41, 5.74) is 6.82. The summed E-state index contributed by atoms with van der Waals surface area (Å²) >= 11 is 0. The van der Waals surface area contributed by atoms with Gasteiger partial charge in [0.15, 0.2) is 0 Å². The van der Waals surface area contributed by atoms with Crippen LogP contribution in [-0.4, -0.2) is 8.07 Å². The Balaban J connectivity index is 2.07. The standard InChI is InChI=1S/C13H12Si/c1-2-7-12(6-1)14(10-5-11-14)13-8-3-4-9-13/h1-4,6,8H,5,10-11H2. The Morgan fingerprint density at radius 1 is 0.929 bits per heavy atom. The van der Waals surface area contributed by atoms with Gasteiger partial charge in [0.05, 0.1) is 0 Å². The van der Waals surface area contributed by atoms with E-state index in [1.807, 2.05) is 12.2 Å². The quantitative estimate of drug-likeness (QED) is 0.470. The second kappa shape index (κ2) is 2.86. The van der Waals surface area contributed by atoms with Crippen LogP contribution in [-0.2, 0) is 0 Å². The fourth-order valence-electron chi connectivity index (χ4n) is 2.47. The zero-order valence-electron chi connectivity index (χ0n) is 8.09. The lowest BCUT2D eigenvalue weighted by atomic mass is 10.5. The molecule has 0 aromatic heterocycles. The minimum Gasteiger partial charge on any atom is -0.121 e. The monoisotopic (exact) mass is 196 g/mol. The van der Waals surface area contributed by atoms with Crippen LogP contribution in [0.25, 0.3) is 0 Å². The van der Waals surface area contributed by atoms with Crippen molar-refractivity contribution in [2.45, 2.75) is 18.5 Å². The molecule has 0 nitrogen and oxygen atoms in total. The smallest absolute Gasteiger partial charge is 0.121 e. The summed E-state index contributed by atoms with van der Waals surface area (Å²) in [6, 6.07) is 2.79. The molecule has 68 valence electrons. The van der Waals surface area contributed by atoms with Gasteiger partial charge in [-0.15, -0.1) is 11.5 Å². The van der Waals surface area contributed by atoms with Gasteiger partial charge in [-0.05, 0) is 34.6 Å². The SMILES string of the molecule is C1=CC=CC=1[Si]1(C2=C=CC=C2)CCC1. The molecule has 0 unspecified atom stereocenters. The van der Waals surface area contributed by atoms with E-state index in [2.05, 4.69) is 35.8 Å². The van der Waals surface area contributed by atoms with Gasteiger partial charge in [-0.25, -0.2) is 0 Å². The van der Waals surface area contributed by atoms with Crippen molar-refractivity contribution < 1.29 is 0 Å². The van der Waals surface area contributed by atoms with Crippen molar-refractivity contribution in [3.63, 3.8) is 0 Å². The molecule has 0 spiro atoms. The highest BCUT2D eigenvalue weighted by Crippen LogP contribution is 2.45. The van der Waals surface area contributed by atoms with Gasteiger partial charge in [0, 0.05) is 0 Å². The van der Waals surface area contributed by atoms with Crippen molar-refractivity contribution >= 4 is 8.07 Å². The minimum atomic E-state index is -1.30. The molecular formula is C13H12Si. The molecule has 1 fully saturated rings. The molecule has 14 heavy (non-hydrogen) atoms. The molecule has 0 amide bonds. The first-order chi connectivity index (χ1) is 6.92. The summed E-state index contributed by atoms with van der Waals surface area (Å²) in [5.74, 6) is 0. The van der Waals surface area contributed by atoms with Crippen LogP contribution in [0, 0.1) is 0 Å². The highest BCUT2D eigenvalue weighted by molar-refractivity contribution is 6.95. The van der Waals surface area contributed by atoms with Gasteiger partial charge < -0.3 is 0 Å². The van der Waals surface area contributed by atoms with Crippen molar-refractivity contribution in [2.75, 3.05) is 0 Å². The molecule has 0 aromatic carbocycles. The van der Waals surface area contributed by atoms with Gasteiger partial charge in [-0.2, -0.15) is 0 Å². The van der Waals surface area contributed by atoms with E-state index in [0.717, 1.165) is 0 Å². The van der Waals surface area contributed by atoms with E-state index in [0.29, 0.717) is 0 Å². The maximum absolute atomic E-state index is 3.41. The maximum Gasteiger partial charge on any atom is 0.137 e. The third kappa shape index (κ3) is 0.950. The van der Waals surface area contributed by atoms with Gasteiger partial charge in [-0.1, -0.05) is 30.7 Å². The molecule has 1 heterocycles. The van der Waals surface area contributed by atoms with Gasteiger partial charge in [0.1, 0.15) is 8.07 Å². The molecule has 1 saturated heterocycles. The second-order valence-corrected chi connectivity index (χ2v) is 8.34. The average molecular weight is 196 g/mol. The summed E-state index contributed by atoms with van der Waals surface area (Å²) in [5, 5.41) is 2.98. The Labute approximate surface area is 85.3 Å². The normalized spacial score (nSPS) is 25.1. The average Bonchev–Trinajstić information content (AvgIpc) is 2.71. The lowest BCUT2D eigenvalue weighted by Crippen LogP contribution is -2.44. The van der Waals surface area contributed by atoms with E-state index >= 15 is 0 Å². The van der Waals surface area contributed by atoms with Crippen LogP contribution in [0.5, 0.6) is 0 Å². The van der Waals surface area contributed by atoms with E-state index in [-0.39, 0.29) is 0 Å². The number of hydrogen-bond donors (Lipinski definition) is 0. The predicted molar refractivity (Wildman–Crippen MR) is 61.5 cm³/mol. The van der Waals surface area contributed by atoms with Crippen LogP contribution < -0.4 is 0 Å². The van der Waals surface area contributed by atoms with Gasteiger partial charge >= 0.3 is 0 Å². The lowest BCUT2D eigenvalue weighted by molar-refractivity contribution is 0.914. The molecule has 0 radical (unpaired) electrons. The molecule has 0 N–H and O–H groups in total. The summed E-state index contributed by atoms with van der Waals surface area (Å²) in [4.78, 5) is 0. The van der Waals surface area contributed by atoms with Crippen molar-refractivity contribution in [1.82, 2.24) is 0 Å². The van der Waals surface area contributed by atoms with E-state index in [1.165, 1.54) is 28.9 Å². The Morgan fingerprint density at radius 2 is 1.50 bits per heavy atom. The van der Waals surface area contributed by atoms with Crippen LogP contribution >= 0.6 is 0 Å². The van der Waals surface area contributed by atoms with Gasteiger partial charge in [-0.3, -0.25) is 0 Å². The van der Waals surface area contributed by atoms with E-state index < -0.39 is 8.07 Å². The Morgan fingerprint density at radius 3 is 1.79 bits per heavy atom. The molecule has 2 aliphatic carbocycles. The lowest BCUT2D eigenvalue weighted by Gasteiger charge is -2.39. The summed E-state index contributed by atoms with van der Waals surface area (Å²) in [7, 11) is -1.30. The Kier molecular flexibility index (Phi) is 1.65. The van der Waals surface area contributed by atoms with Crippen molar-refractivity contribution in [3.8, 4) is 0 Å². The van der Waals surface area contributed by atoms with E-state index in [4.69, 9.17) is 0 Å². The van der Waals surface area contributed by atoms with Crippen molar-refractivity contribution in [1.29, 1.82) is 0 Å². The number of allylic oxidation sites excluding steroid dienone is 6. The molecule has 0 atom stereocenters. The topological polar surface area (TPSA) is 0 Å². The first kappa shape index (κ1) is 8.08. The summed E-state index contributed by atoms with van der Waals surface area (Å²) in [6.45, 7) is 0. The molecule has 0 bridgehead atoms. The molecule has 1 aliphatic heterocycles. The van der Waals surface area contributed by atoms with Crippen LogP contribution in [0.3, 0.4) is 0 Å². The molecule has 1 heteroatoms. The third-order valence-electron chi connectivity index (χ3n) is 3.43. The summed E-state index contributed by atoms with van der Waals surface area (Å²) in [6.07, 6.45) is 14.2. The Bertz CT molecular complexity index is 417. The van der Waals surface area contributed by atoms with Crippen LogP contribution in [0.4, 0.5) is 0 Å². The minimum absolute atomic E-state index is 1.30. The Hall–Kier alpha value is -1.26. The highest BCUT2D eigenvalue weighted by Gasteiger charge is 2.45. The fourth-order valence-corrected chi connectivity index (χ4v) is 6.45. The zero-order valence-corrected chi connectivity index (χ0v) is 9.09. The molecule has 3 aliphatic rings. The van der Waals surface area contributed by atoms with Crippen LogP contribution in [0.15, 0.2) is 58.3 Å². The molecular weight excluding hydrogens is 184 g/mol. The van der Waals surface area contributed by atoms with Gasteiger partial charge in [0.25, 0.3) is 0 Å². The van der Waals surface area contributed by atoms with Crippen molar-refractivity contribution in [3.05, 3.63) is 58.3 Å². The third-order valence-corrected chi connectivity index (χ3v) is 8.53. The first-order valence-corrected chi connectivity index (χ1v) is 7.61. The highest BCUT2D eigenvalue weighted by atomic mass is 28.3. The summed E-state index contributed by atoms with van der Waals surface area (Å²) < 4.78 is 0. The number of hydrogen-bond acceptors (Lipinski definition) is 0. The molecule has 3 rings (SSSR count). The van der Waals surface area contributed by atoms with Crippen LogP contribution in [0.2, 0.25) is 12.1 Å². The predicted octanol–water partition coefficient (Wildman–Crippen LogP) is 3.22. The fraction of sp³-hybridized carbons (Fsp3) is 0.231. The van der Waals surface area contributed by atoms with Crippen molar-refractivity contribution in [2.24, 2.45) is 0 Å². The van der Waals surface area contributed by atoms with Gasteiger partial charge in [0.2, 0.25) is 0 Å². The molecule has 0 saturated carbocycles. The van der Waals surface area contributed by atoms with E-state index in [9.17, 15) is 0 Å². The largest absolute Gasteiger partial charge is 0.137 e. The zero-order chi connectivity index (χ0) is 9.43. The maximum atomic E-state index is 3.41. The van der Waals surface area contributed by atoms with Crippen LogP contribution in [0.1, 0.15) is 6.42 Å². The number of rotatable bonds is 2. The second-order valence-electron chi connectivity index (χ2n) is 4.10. The first-order valence-electron chi connectivity index (χ1n) is 5.20. The van der Waals surface area contributed by atoms with E-state index in [1.54, 1.807) is 0 Å².